The number of nitrogens with zero attached hydrogens (tertiary/aromatic N) is 2. The molecule has 1 amide bonds. The van der Waals surface area contributed by atoms with Crippen molar-refractivity contribution in [1.29, 1.82) is 0 Å². The Labute approximate surface area is 178 Å². The molecule has 1 heterocycles. The van der Waals surface area contributed by atoms with Crippen LogP contribution in [0, 0.1) is 0 Å². The zero-order valence-electron chi connectivity index (χ0n) is 18.1. The molecule has 1 aliphatic rings. The average Bonchev–Trinajstić information content (AvgIpc) is 3.03. The predicted molar refractivity (Wildman–Crippen MR) is 115 cm³/mol. The summed E-state index contributed by atoms with van der Waals surface area (Å²) in [5, 5.41) is 0. The fraction of sp³-hybridized carbons (Fsp3) is 0.435. The molecule has 30 heavy (non-hydrogen) atoms. The van der Waals surface area contributed by atoms with E-state index in [-0.39, 0.29) is 5.91 Å². The van der Waals surface area contributed by atoms with Gasteiger partial charge in [0.05, 0.1) is 34.0 Å². The molecule has 0 saturated carbocycles. The van der Waals surface area contributed by atoms with Gasteiger partial charge in [0.25, 0.3) is 5.91 Å². The minimum atomic E-state index is -0.0564. The second-order valence-corrected chi connectivity index (χ2v) is 7.15. The molecule has 1 fully saturated rings. The van der Waals surface area contributed by atoms with Crippen LogP contribution < -0.4 is 18.9 Å². The summed E-state index contributed by atoms with van der Waals surface area (Å²) in [6.45, 7) is 3.97. The maximum absolute atomic E-state index is 13.3. The zero-order chi connectivity index (χ0) is 21.5. The van der Waals surface area contributed by atoms with Crippen molar-refractivity contribution in [1.82, 2.24) is 9.80 Å². The van der Waals surface area contributed by atoms with E-state index in [1.807, 2.05) is 17.0 Å². The lowest BCUT2D eigenvalue weighted by Crippen LogP contribution is -2.35. The topological polar surface area (TPSA) is 60.5 Å². The van der Waals surface area contributed by atoms with Gasteiger partial charge in [0.15, 0.2) is 11.5 Å². The SMILES string of the molecule is COc1ccc(CN2CCCN(C(=O)c3ccc(OC)c(OC)c3OC)CC2)cc1. The van der Waals surface area contributed by atoms with Crippen LogP contribution in [0.15, 0.2) is 36.4 Å². The van der Waals surface area contributed by atoms with E-state index in [2.05, 4.69) is 17.0 Å². The molecule has 0 N–H and O–H groups in total. The summed E-state index contributed by atoms with van der Waals surface area (Å²) in [7, 11) is 6.30. The highest BCUT2D eigenvalue weighted by Gasteiger charge is 2.26. The molecule has 0 radical (unpaired) electrons. The highest BCUT2D eigenvalue weighted by Crippen LogP contribution is 2.40. The highest BCUT2D eigenvalue weighted by molar-refractivity contribution is 5.98. The van der Waals surface area contributed by atoms with Gasteiger partial charge in [0.1, 0.15) is 5.75 Å². The summed E-state index contributed by atoms with van der Waals surface area (Å²) in [6.07, 6.45) is 0.914. The van der Waals surface area contributed by atoms with E-state index in [4.69, 9.17) is 18.9 Å². The lowest BCUT2D eigenvalue weighted by atomic mass is 10.1. The van der Waals surface area contributed by atoms with Crippen LogP contribution in [0.3, 0.4) is 0 Å². The summed E-state index contributed by atoms with van der Waals surface area (Å²) in [5.74, 6) is 2.17. The number of amides is 1. The van der Waals surface area contributed by atoms with Crippen LogP contribution in [0.25, 0.3) is 0 Å². The first-order chi connectivity index (χ1) is 14.6. The van der Waals surface area contributed by atoms with E-state index < -0.39 is 0 Å². The van der Waals surface area contributed by atoms with Gasteiger partial charge in [-0.15, -0.1) is 0 Å². The first-order valence-electron chi connectivity index (χ1n) is 10.0. The molecule has 0 aromatic heterocycles. The zero-order valence-corrected chi connectivity index (χ0v) is 18.1. The van der Waals surface area contributed by atoms with E-state index in [0.717, 1.165) is 31.8 Å². The summed E-state index contributed by atoms with van der Waals surface area (Å²) in [4.78, 5) is 17.5. The minimum Gasteiger partial charge on any atom is -0.497 e. The molecule has 0 atom stereocenters. The van der Waals surface area contributed by atoms with E-state index in [1.54, 1.807) is 26.4 Å². The Kier molecular flexibility index (Phi) is 7.41. The molecule has 7 nitrogen and oxygen atoms in total. The summed E-state index contributed by atoms with van der Waals surface area (Å²) in [5.41, 5.74) is 1.72. The largest absolute Gasteiger partial charge is 0.497 e. The second-order valence-electron chi connectivity index (χ2n) is 7.15. The average molecular weight is 415 g/mol. The van der Waals surface area contributed by atoms with Crippen molar-refractivity contribution in [3.05, 3.63) is 47.5 Å². The van der Waals surface area contributed by atoms with Gasteiger partial charge in [0.2, 0.25) is 5.75 Å². The Bertz CT molecular complexity index is 853. The van der Waals surface area contributed by atoms with Crippen LogP contribution in [-0.2, 0) is 6.54 Å². The molecule has 2 aromatic rings. The van der Waals surface area contributed by atoms with Crippen molar-refractivity contribution in [2.75, 3.05) is 54.6 Å². The van der Waals surface area contributed by atoms with E-state index in [0.29, 0.717) is 35.9 Å². The van der Waals surface area contributed by atoms with Crippen LogP contribution in [0.1, 0.15) is 22.3 Å². The first kappa shape index (κ1) is 21.8. The number of rotatable bonds is 7. The van der Waals surface area contributed by atoms with E-state index in [9.17, 15) is 4.79 Å². The Hall–Kier alpha value is -2.93. The number of carbonyl (C=O) groups is 1. The normalized spacial score (nSPS) is 14.7. The summed E-state index contributed by atoms with van der Waals surface area (Å²) < 4.78 is 21.5. The van der Waals surface area contributed by atoms with Crippen molar-refractivity contribution in [2.24, 2.45) is 0 Å². The standard InChI is InChI=1S/C23H30N2O5/c1-27-18-8-6-17(7-9-18)16-24-12-5-13-25(15-14-24)23(26)19-10-11-20(28-2)22(30-4)21(19)29-3/h6-11H,5,12-16H2,1-4H3. The van der Waals surface area contributed by atoms with Crippen LogP contribution >= 0.6 is 0 Å². The number of benzene rings is 2. The number of hydrogen-bond donors (Lipinski definition) is 0. The van der Waals surface area contributed by atoms with Gasteiger partial charge < -0.3 is 23.8 Å². The molecule has 162 valence electrons. The number of ether oxygens (including phenoxy) is 4. The van der Waals surface area contributed by atoms with Gasteiger partial charge in [-0.2, -0.15) is 0 Å². The maximum atomic E-state index is 13.3. The lowest BCUT2D eigenvalue weighted by Gasteiger charge is -2.23. The smallest absolute Gasteiger partial charge is 0.257 e. The Balaban J connectivity index is 1.69. The van der Waals surface area contributed by atoms with E-state index >= 15 is 0 Å². The monoisotopic (exact) mass is 414 g/mol. The number of hydrogen-bond acceptors (Lipinski definition) is 6. The maximum Gasteiger partial charge on any atom is 0.257 e. The summed E-state index contributed by atoms with van der Waals surface area (Å²) >= 11 is 0. The third-order valence-electron chi connectivity index (χ3n) is 5.38. The van der Waals surface area contributed by atoms with Crippen molar-refractivity contribution in [3.63, 3.8) is 0 Å². The predicted octanol–water partition coefficient (Wildman–Crippen LogP) is 3.07. The minimum absolute atomic E-state index is 0.0564. The second kappa shape index (κ2) is 10.2. The number of carbonyl (C=O) groups excluding carboxylic acids is 1. The first-order valence-corrected chi connectivity index (χ1v) is 10.0. The van der Waals surface area contributed by atoms with Gasteiger partial charge in [-0.1, -0.05) is 12.1 Å². The molecule has 0 spiro atoms. The van der Waals surface area contributed by atoms with Crippen molar-refractivity contribution >= 4 is 5.91 Å². The molecular formula is C23H30N2O5. The van der Waals surface area contributed by atoms with Crippen LogP contribution in [-0.4, -0.2) is 70.3 Å². The van der Waals surface area contributed by atoms with Crippen LogP contribution in [0.2, 0.25) is 0 Å². The van der Waals surface area contributed by atoms with Gasteiger partial charge in [-0.3, -0.25) is 9.69 Å². The molecule has 1 saturated heterocycles. The van der Waals surface area contributed by atoms with Crippen molar-refractivity contribution in [3.8, 4) is 23.0 Å². The number of methoxy groups -OCH3 is 4. The van der Waals surface area contributed by atoms with Crippen molar-refractivity contribution < 1.29 is 23.7 Å². The van der Waals surface area contributed by atoms with Gasteiger partial charge in [-0.05, 0) is 36.2 Å². The van der Waals surface area contributed by atoms with Gasteiger partial charge in [0, 0.05) is 32.7 Å². The Morgan fingerprint density at radius 3 is 2.17 bits per heavy atom. The highest BCUT2D eigenvalue weighted by atomic mass is 16.5. The molecule has 0 bridgehead atoms. The van der Waals surface area contributed by atoms with Gasteiger partial charge >= 0.3 is 0 Å². The van der Waals surface area contributed by atoms with Crippen molar-refractivity contribution in [2.45, 2.75) is 13.0 Å². The molecular weight excluding hydrogens is 384 g/mol. The third kappa shape index (κ3) is 4.79. The lowest BCUT2D eigenvalue weighted by molar-refractivity contribution is 0.0757. The summed E-state index contributed by atoms with van der Waals surface area (Å²) in [6, 6.07) is 11.6. The Morgan fingerprint density at radius 2 is 1.53 bits per heavy atom. The Morgan fingerprint density at radius 1 is 0.800 bits per heavy atom. The molecule has 2 aromatic carbocycles. The molecule has 0 aliphatic carbocycles. The molecule has 1 aliphatic heterocycles. The fourth-order valence-corrected chi connectivity index (χ4v) is 3.76. The fourth-order valence-electron chi connectivity index (χ4n) is 3.76. The van der Waals surface area contributed by atoms with Crippen LogP contribution in [0.4, 0.5) is 0 Å². The molecule has 7 heteroatoms. The quantitative estimate of drug-likeness (QED) is 0.694. The van der Waals surface area contributed by atoms with Gasteiger partial charge in [-0.25, -0.2) is 0 Å². The third-order valence-corrected chi connectivity index (χ3v) is 5.38. The van der Waals surface area contributed by atoms with Crippen LogP contribution in [0.5, 0.6) is 23.0 Å². The molecule has 0 unspecified atom stereocenters. The molecule has 3 rings (SSSR count). The van der Waals surface area contributed by atoms with E-state index in [1.165, 1.54) is 19.8 Å².